The van der Waals surface area contributed by atoms with E-state index in [-0.39, 0.29) is 16.2 Å². The fourth-order valence-electron chi connectivity index (χ4n) is 3.88. The van der Waals surface area contributed by atoms with Gasteiger partial charge in [-0.3, -0.25) is 0 Å². The lowest BCUT2D eigenvalue weighted by Gasteiger charge is -2.22. The van der Waals surface area contributed by atoms with Gasteiger partial charge in [0, 0.05) is 6.20 Å². The number of nitrogens with one attached hydrogen (secondary N) is 1. The van der Waals surface area contributed by atoms with Crippen LogP contribution >= 0.6 is 11.8 Å². The molecule has 1 aromatic heterocycles. The molecule has 5 rings (SSSR count). The normalized spacial score (nSPS) is 18.2. The fraction of sp³-hybridized carbons (Fsp3) is 0.0870. The summed E-state index contributed by atoms with van der Waals surface area (Å²) in [7, 11) is -3.67. The molecule has 6 heteroatoms. The minimum atomic E-state index is -3.67. The molecule has 0 spiro atoms. The van der Waals surface area contributed by atoms with Crippen LogP contribution in [0.25, 0.3) is 10.8 Å². The lowest BCUT2D eigenvalue weighted by molar-refractivity contribution is 0.557. The number of hydrogen-bond donors (Lipinski definition) is 1. The van der Waals surface area contributed by atoms with E-state index in [0.29, 0.717) is 0 Å². The summed E-state index contributed by atoms with van der Waals surface area (Å²) in [5, 5.41) is 3.01. The van der Waals surface area contributed by atoms with Crippen molar-refractivity contribution in [1.82, 2.24) is 9.71 Å². The van der Waals surface area contributed by atoms with Crippen molar-refractivity contribution in [2.75, 3.05) is 0 Å². The van der Waals surface area contributed by atoms with Gasteiger partial charge in [0.05, 0.1) is 21.2 Å². The van der Waals surface area contributed by atoms with Crippen LogP contribution in [-0.4, -0.2) is 13.4 Å². The zero-order chi connectivity index (χ0) is 19.8. The summed E-state index contributed by atoms with van der Waals surface area (Å²) < 4.78 is 29.2. The van der Waals surface area contributed by atoms with Gasteiger partial charge in [0.2, 0.25) is 10.0 Å². The molecule has 0 aliphatic heterocycles. The van der Waals surface area contributed by atoms with Crippen molar-refractivity contribution in [3.8, 4) is 0 Å². The largest absolute Gasteiger partial charge is 0.250 e. The van der Waals surface area contributed by atoms with Gasteiger partial charge in [-0.2, -0.15) is 0 Å². The van der Waals surface area contributed by atoms with E-state index in [1.165, 1.54) is 0 Å². The topological polar surface area (TPSA) is 59.1 Å². The van der Waals surface area contributed by atoms with E-state index >= 15 is 0 Å². The molecular formula is C23H18N2O2S2. The first-order valence-corrected chi connectivity index (χ1v) is 11.7. The van der Waals surface area contributed by atoms with Crippen molar-refractivity contribution in [1.29, 1.82) is 0 Å². The van der Waals surface area contributed by atoms with Crippen LogP contribution in [0.15, 0.2) is 101 Å². The number of rotatable bonds is 5. The number of hydrogen-bond acceptors (Lipinski definition) is 4. The molecular weight excluding hydrogens is 400 g/mol. The Hall–Kier alpha value is -2.67. The minimum Gasteiger partial charge on any atom is -0.250 e. The van der Waals surface area contributed by atoms with Crippen molar-refractivity contribution >= 4 is 32.6 Å². The maximum Gasteiger partial charge on any atom is 0.241 e. The standard InChI is InChI=1S/C23H18N2O2S2/c26-29(27,17-10-2-1-3-11-17)25-22-18-12-6-8-16-9-7-13-19(21(16)18)23(22)28-20-14-4-5-15-24-20/h1-15,22-23,25H/t22-,23-/m0/s1. The second-order valence-electron chi connectivity index (χ2n) is 6.91. The predicted octanol–water partition coefficient (Wildman–Crippen LogP) is 5.10. The molecule has 4 aromatic rings. The quantitative estimate of drug-likeness (QED) is 0.490. The van der Waals surface area contributed by atoms with Crippen LogP contribution in [0.2, 0.25) is 0 Å². The number of thioether (sulfide) groups is 1. The van der Waals surface area contributed by atoms with E-state index < -0.39 is 10.0 Å². The summed E-state index contributed by atoms with van der Waals surface area (Å²) in [5.41, 5.74) is 2.14. The third-order valence-corrected chi connectivity index (χ3v) is 7.85. The van der Waals surface area contributed by atoms with E-state index in [9.17, 15) is 8.42 Å². The van der Waals surface area contributed by atoms with Gasteiger partial charge in [-0.1, -0.05) is 72.4 Å². The smallest absolute Gasteiger partial charge is 0.241 e. The van der Waals surface area contributed by atoms with Crippen molar-refractivity contribution in [3.05, 3.63) is 102 Å². The molecule has 1 aliphatic rings. The molecule has 0 amide bonds. The molecule has 3 aromatic carbocycles. The molecule has 0 unspecified atom stereocenters. The Balaban J connectivity index is 1.61. The van der Waals surface area contributed by atoms with Crippen LogP contribution in [-0.2, 0) is 10.0 Å². The Morgan fingerprint density at radius 3 is 2.24 bits per heavy atom. The summed E-state index contributed by atoms with van der Waals surface area (Å²) >= 11 is 1.59. The monoisotopic (exact) mass is 418 g/mol. The summed E-state index contributed by atoms with van der Waals surface area (Å²) in [5.74, 6) is 0. The molecule has 1 heterocycles. The zero-order valence-electron chi connectivity index (χ0n) is 15.4. The Labute approximate surface area is 174 Å². The van der Waals surface area contributed by atoms with Crippen molar-refractivity contribution in [2.24, 2.45) is 0 Å². The van der Waals surface area contributed by atoms with Gasteiger partial charge >= 0.3 is 0 Å². The molecule has 4 nitrogen and oxygen atoms in total. The Kier molecular flexibility index (Phi) is 4.62. The first-order chi connectivity index (χ1) is 14.1. The van der Waals surface area contributed by atoms with Crippen molar-refractivity contribution < 1.29 is 8.42 Å². The van der Waals surface area contributed by atoms with E-state index in [1.54, 1.807) is 42.2 Å². The second kappa shape index (κ2) is 7.30. The molecule has 1 aliphatic carbocycles. The lowest BCUT2D eigenvalue weighted by atomic mass is 10.1. The highest BCUT2D eigenvalue weighted by Gasteiger charge is 2.38. The summed E-state index contributed by atoms with van der Waals surface area (Å²) in [6.45, 7) is 0. The predicted molar refractivity (Wildman–Crippen MR) is 116 cm³/mol. The maximum atomic E-state index is 13.1. The Bertz CT molecular complexity index is 1270. The van der Waals surface area contributed by atoms with Gasteiger partial charge in [-0.05, 0) is 46.2 Å². The lowest BCUT2D eigenvalue weighted by Crippen LogP contribution is -2.30. The number of pyridine rings is 1. The molecule has 0 fully saturated rings. The highest BCUT2D eigenvalue weighted by Crippen LogP contribution is 2.53. The van der Waals surface area contributed by atoms with E-state index in [1.807, 2.05) is 42.5 Å². The molecule has 2 atom stereocenters. The van der Waals surface area contributed by atoms with Crippen molar-refractivity contribution in [3.63, 3.8) is 0 Å². The highest BCUT2D eigenvalue weighted by atomic mass is 32.2. The maximum absolute atomic E-state index is 13.1. The first-order valence-electron chi connectivity index (χ1n) is 9.30. The van der Waals surface area contributed by atoms with Gasteiger partial charge in [0.25, 0.3) is 0 Å². The van der Waals surface area contributed by atoms with Crippen LogP contribution in [0.1, 0.15) is 22.4 Å². The second-order valence-corrected chi connectivity index (χ2v) is 9.79. The SMILES string of the molecule is O=S(=O)(N[C@H]1c2cccc3cccc(c23)[C@@H]1Sc1ccccn1)c1ccccc1. The van der Waals surface area contributed by atoms with Gasteiger partial charge in [-0.25, -0.2) is 18.1 Å². The number of benzene rings is 3. The molecule has 1 N–H and O–H groups in total. The summed E-state index contributed by atoms with van der Waals surface area (Å²) in [4.78, 5) is 4.71. The third kappa shape index (κ3) is 3.33. The first kappa shape index (κ1) is 18.4. The van der Waals surface area contributed by atoms with Crippen LogP contribution in [0, 0.1) is 0 Å². The molecule has 0 saturated carbocycles. The van der Waals surface area contributed by atoms with Crippen LogP contribution in [0.4, 0.5) is 0 Å². The van der Waals surface area contributed by atoms with Gasteiger partial charge in [0.15, 0.2) is 0 Å². The average Bonchev–Trinajstić information content (AvgIpc) is 3.04. The highest BCUT2D eigenvalue weighted by molar-refractivity contribution is 7.99. The van der Waals surface area contributed by atoms with Crippen LogP contribution in [0.5, 0.6) is 0 Å². The molecule has 144 valence electrons. The van der Waals surface area contributed by atoms with E-state index in [4.69, 9.17) is 0 Å². The average molecular weight is 419 g/mol. The van der Waals surface area contributed by atoms with Crippen LogP contribution < -0.4 is 4.72 Å². The summed E-state index contributed by atoms with van der Waals surface area (Å²) in [6, 6.07) is 26.2. The number of sulfonamides is 1. The molecule has 0 radical (unpaired) electrons. The van der Waals surface area contributed by atoms with Gasteiger partial charge in [0.1, 0.15) is 0 Å². The van der Waals surface area contributed by atoms with E-state index in [2.05, 4.69) is 27.9 Å². The zero-order valence-corrected chi connectivity index (χ0v) is 17.0. The molecule has 29 heavy (non-hydrogen) atoms. The Morgan fingerprint density at radius 1 is 0.793 bits per heavy atom. The molecule has 0 bridgehead atoms. The molecule has 0 saturated heterocycles. The van der Waals surface area contributed by atoms with Gasteiger partial charge in [-0.15, -0.1) is 0 Å². The number of nitrogens with zero attached hydrogens (tertiary/aromatic N) is 1. The van der Waals surface area contributed by atoms with E-state index in [0.717, 1.165) is 26.9 Å². The summed E-state index contributed by atoms with van der Waals surface area (Å²) in [6.07, 6.45) is 1.76. The minimum absolute atomic E-state index is 0.107. The third-order valence-electron chi connectivity index (χ3n) is 5.13. The van der Waals surface area contributed by atoms with Gasteiger partial charge < -0.3 is 0 Å². The number of aromatic nitrogens is 1. The van der Waals surface area contributed by atoms with Crippen molar-refractivity contribution in [2.45, 2.75) is 21.2 Å². The van der Waals surface area contributed by atoms with Crippen LogP contribution in [0.3, 0.4) is 0 Å². The fourth-order valence-corrected chi connectivity index (χ4v) is 6.43. The Morgan fingerprint density at radius 2 is 1.52 bits per heavy atom.